The molecule has 29 heavy (non-hydrogen) atoms. The zero-order valence-corrected chi connectivity index (χ0v) is 14.9. The molecule has 1 N–H and O–H groups in total. The molecule has 0 saturated heterocycles. The Morgan fingerprint density at radius 3 is 2.59 bits per heavy atom. The zero-order chi connectivity index (χ0) is 20.2. The predicted molar refractivity (Wildman–Crippen MR) is 102 cm³/mol. The molecule has 0 aliphatic rings. The summed E-state index contributed by atoms with van der Waals surface area (Å²) in [5.74, 6) is -0.0818. The van der Waals surface area contributed by atoms with Crippen LogP contribution in [0.3, 0.4) is 0 Å². The maximum atomic E-state index is 12.4. The molecule has 11 heteroatoms. The average Bonchev–Trinajstić information content (AvgIpc) is 3.39. The fraction of sp³-hybridized carbons (Fsp3) is 0.0556. The van der Waals surface area contributed by atoms with Crippen LogP contribution in [0, 0.1) is 10.1 Å². The first-order valence-electron chi connectivity index (χ1n) is 8.51. The van der Waals surface area contributed by atoms with E-state index in [2.05, 4.69) is 25.8 Å². The van der Waals surface area contributed by atoms with Gasteiger partial charge in [-0.05, 0) is 17.3 Å². The molecule has 0 unspecified atom stereocenters. The second kappa shape index (κ2) is 7.68. The summed E-state index contributed by atoms with van der Waals surface area (Å²) in [6.07, 6.45) is 1.58. The largest absolute Gasteiger partial charge is 0.315 e. The SMILES string of the molecule is O=C(Nc1ccccc1[N+](=O)[O-])c1ccn(Cn2nnc(-c3ccccc3)n2)n1. The van der Waals surface area contributed by atoms with Gasteiger partial charge in [0.15, 0.2) is 12.4 Å². The summed E-state index contributed by atoms with van der Waals surface area (Å²) in [5, 5.41) is 30.0. The van der Waals surface area contributed by atoms with Gasteiger partial charge in [0, 0.05) is 17.8 Å². The van der Waals surface area contributed by atoms with Crippen molar-refractivity contribution in [3.05, 3.63) is 82.7 Å². The minimum absolute atomic E-state index is 0.0995. The summed E-state index contributed by atoms with van der Waals surface area (Å²) in [7, 11) is 0. The van der Waals surface area contributed by atoms with Gasteiger partial charge in [-0.1, -0.05) is 42.5 Å². The molecule has 0 saturated carbocycles. The van der Waals surface area contributed by atoms with Gasteiger partial charge >= 0.3 is 0 Å². The monoisotopic (exact) mass is 390 g/mol. The number of anilines is 1. The van der Waals surface area contributed by atoms with Crippen LogP contribution in [0.25, 0.3) is 11.4 Å². The number of hydrogen-bond acceptors (Lipinski definition) is 7. The van der Waals surface area contributed by atoms with E-state index in [1.165, 1.54) is 33.7 Å². The van der Waals surface area contributed by atoms with Crippen LogP contribution in [0.2, 0.25) is 0 Å². The van der Waals surface area contributed by atoms with E-state index in [0.717, 1.165) is 5.56 Å². The van der Waals surface area contributed by atoms with Crippen molar-refractivity contribution in [2.75, 3.05) is 5.32 Å². The van der Waals surface area contributed by atoms with E-state index in [0.29, 0.717) is 5.82 Å². The smallest absolute Gasteiger partial charge is 0.292 e. The summed E-state index contributed by atoms with van der Waals surface area (Å²) in [6, 6.07) is 16.8. The minimum atomic E-state index is -0.561. The lowest BCUT2D eigenvalue weighted by Crippen LogP contribution is -2.16. The number of aromatic nitrogens is 6. The summed E-state index contributed by atoms with van der Waals surface area (Å²) in [4.78, 5) is 24.2. The van der Waals surface area contributed by atoms with E-state index in [9.17, 15) is 14.9 Å². The molecule has 0 radical (unpaired) electrons. The van der Waals surface area contributed by atoms with E-state index in [1.807, 2.05) is 30.3 Å². The molecular formula is C18H14N8O3. The first kappa shape index (κ1) is 18.0. The Labute approximate surface area is 163 Å². The highest BCUT2D eigenvalue weighted by Gasteiger charge is 2.17. The average molecular weight is 390 g/mol. The Bertz CT molecular complexity index is 1170. The molecule has 0 bridgehead atoms. The van der Waals surface area contributed by atoms with Gasteiger partial charge in [-0.25, -0.2) is 4.68 Å². The van der Waals surface area contributed by atoms with Crippen molar-refractivity contribution in [3.8, 4) is 11.4 Å². The Hall–Kier alpha value is -4.41. The molecule has 0 aliphatic carbocycles. The molecule has 2 aromatic heterocycles. The van der Waals surface area contributed by atoms with Gasteiger partial charge in [-0.15, -0.1) is 15.0 Å². The van der Waals surface area contributed by atoms with Crippen LogP contribution in [0.5, 0.6) is 0 Å². The lowest BCUT2D eigenvalue weighted by atomic mass is 10.2. The van der Waals surface area contributed by atoms with Gasteiger partial charge in [0.1, 0.15) is 5.69 Å². The Kier molecular flexibility index (Phi) is 4.76. The first-order valence-corrected chi connectivity index (χ1v) is 8.51. The molecule has 4 aromatic rings. The van der Waals surface area contributed by atoms with Crippen molar-refractivity contribution in [1.29, 1.82) is 0 Å². The lowest BCUT2D eigenvalue weighted by molar-refractivity contribution is -0.383. The fourth-order valence-electron chi connectivity index (χ4n) is 2.62. The Balaban J connectivity index is 1.46. The number of nitrogens with one attached hydrogen (secondary N) is 1. The minimum Gasteiger partial charge on any atom is -0.315 e. The topological polar surface area (TPSA) is 134 Å². The number of nitrogens with zero attached hydrogens (tertiary/aromatic N) is 7. The number of para-hydroxylation sites is 2. The summed E-state index contributed by atoms with van der Waals surface area (Å²) in [6.45, 7) is 0.151. The van der Waals surface area contributed by atoms with E-state index < -0.39 is 10.8 Å². The molecule has 0 aliphatic heterocycles. The third-order valence-electron chi connectivity index (χ3n) is 3.98. The van der Waals surface area contributed by atoms with Gasteiger partial charge in [-0.3, -0.25) is 14.9 Å². The van der Waals surface area contributed by atoms with Gasteiger partial charge < -0.3 is 5.32 Å². The van der Waals surface area contributed by atoms with Crippen molar-refractivity contribution in [2.45, 2.75) is 6.67 Å². The molecule has 144 valence electrons. The quantitative estimate of drug-likeness (QED) is 0.394. The fourth-order valence-corrected chi connectivity index (χ4v) is 2.62. The van der Waals surface area contributed by atoms with E-state index >= 15 is 0 Å². The van der Waals surface area contributed by atoms with Crippen molar-refractivity contribution >= 4 is 17.3 Å². The molecule has 1 amide bonds. The second-order valence-electron chi connectivity index (χ2n) is 5.96. The van der Waals surface area contributed by atoms with E-state index in [1.54, 1.807) is 12.3 Å². The predicted octanol–water partition coefficient (Wildman–Crippen LogP) is 2.20. The van der Waals surface area contributed by atoms with Crippen LogP contribution in [0.1, 0.15) is 10.5 Å². The highest BCUT2D eigenvalue weighted by atomic mass is 16.6. The van der Waals surface area contributed by atoms with Crippen molar-refractivity contribution in [3.63, 3.8) is 0 Å². The van der Waals surface area contributed by atoms with Crippen molar-refractivity contribution in [2.24, 2.45) is 0 Å². The van der Waals surface area contributed by atoms with Crippen molar-refractivity contribution < 1.29 is 9.72 Å². The highest BCUT2D eigenvalue weighted by molar-refractivity contribution is 6.04. The van der Waals surface area contributed by atoms with E-state index in [-0.39, 0.29) is 23.7 Å². The number of carbonyl (C=O) groups excluding carboxylic acids is 1. The third kappa shape index (κ3) is 3.98. The third-order valence-corrected chi connectivity index (χ3v) is 3.98. The highest BCUT2D eigenvalue weighted by Crippen LogP contribution is 2.23. The van der Waals surface area contributed by atoms with Crippen LogP contribution in [0.4, 0.5) is 11.4 Å². The molecule has 0 fully saturated rings. The maximum absolute atomic E-state index is 12.4. The molecule has 0 spiro atoms. The number of carbonyl (C=O) groups is 1. The number of benzene rings is 2. The van der Waals surface area contributed by atoms with Crippen LogP contribution in [-0.4, -0.2) is 40.8 Å². The Morgan fingerprint density at radius 2 is 1.79 bits per heavy atom. The van der Waals surface area contributed by atoms with Gasteiger partial charge in [0.2, 0.25) is 5.82 Å². The zero-order valence-electron chi connectivity index (χ0n) is 14.9. The second-order valence-corrected chi connectivity index (χ2v) is 5.96. The molecule has 11 nitrogen and oxygen atoms in total. The molecular weight excluding hydrogens is 376 g/mol. The molecule has 0 atom stereocenters. The standard InChI is InChI=1S/C18H14N8O3/c27-18(19-14-8-4-5-9-16(14)26(28)29)15-10-11-24(21-15)12-25-22-17(20-23-25)13-6-2-1-3-7-13/h1-11H,12H2,(H,19,27). The van der Waals surface area contributed by atoms with Crippen LogP contribution >= 0.6 is 0 Å². The lowest BCUT2D eigenvalue weighted by Gasteiger charge is -2.04. The van der Waals surface area contributed by atoms with Crippen LogP contribution in [-0.2, 0) is 6.67 Å². The first-order chi connectivity index (χ1) is 14.1. The maximum Gasteiger partial charge on any atom is 0.292 e. The van der Waals surface area contributed by atoms with Crippen LogP contribution < -0.4 is 5.32 Å². The number of amides is 1. The number of nitro groups is 1. The van der Waals surface area contributed by atoms with Crippen molar-refractivity contribution in [1.82, 2.24) is 30.0 Å². The Morgan fingerprint density at radius 1 is 1.03 bits per heavy atom. The van der Waals surface area contributed by atoms with Crippen LogP contribution in [0.15, 0.2) is 66.9 Å². The summed E-state index contributed by atoms with van der Waals surface area (Å²) in [5.41, 5.74) is 0.846. The number of tetrazole rings is 1. The van der Waals surface area contributed by atoms with Gasteiger partial charge in [0.25, 0.3) is 11.6 Å². The normalized spacial score (nSPS) is 10.6. The summed E-state index contributed by atoms with van der Waals surface area (Å²) < 4.78 is 1.46. The number of rotatable bonds is 6. The van der Waals surface area contributed by atoms with E-state index in [4.69, 9.17) is 0 Å². The van der Waals surface area contributed by atoms with Gasteiger partial charge in [0.05, 0.1) is 4.92 Å². The molecule has 2 aromatic carbocycles. The molecule has 4 rings (SSSR count). The summed E-state index contributed by atoms with van der Waals surface area (Å²) >= 11 is 0. The number of hydrogen-bond donors (Lipinski definition) is 1. The number of nitro benzene ring substituents is 1. The van der Waals surface area contributed by atoms with Gasteiger partial charge in [-0.2, -0.15) is 5.10 Å². The molecule has 2 heterocycles.